The Kier molecular flexibility index (Phi) is 4.74. The molecule has 1 saturated carbocycles. The summed E-state index contributed by atoms with van der Waals surface area (Å²) in [6.07, 6.45) is 5.34. The molecule has 0 aromatic rings. The first-order valence-corrected chi connectivity index (χ1v) is 9.78. The van der Waals surface area contributed by atoms with Crippen LogP contribution in [0.25, 0.3) is 0 Å². The van der Waals surface area contributed by atoms with Crippen molar-refractivity contribution in [2.75, 3.05) is 12.8 Å². The fourth-order valence-corrected chi connectivity index (χ4v) is 4.75. The standard InChI is InChI=1S/C15H30N2O3S/c1-14(2)9-13(15(3,4)20-14)16-10-11-7-6-8-12(11)17-21(5,18)19/h11-13,16-17H,6-10H2,1-5H3. The second-order valence-electron chi connectivity index (χ2n) is 7.82. The van der Waals surface area contributed by atoms with E-state index in [-0.39, 0.29) is 17.2 Å². The monoisotopic (exact) mass is 318 g/mol. The summed E-state index contributed by atoms with van der Waals surface area (Å²) in [5.74, 6) is 0.374. The Bertz CT molecular complexity index is 473. The van der Waals surface area contributed by atoms with E-state index in [2.05, 4.69) is 37.7 Å². The molecule has 0 spiro atoms. The zero-order valence-corrected chi connectivity index (χ0v) is 14.7. The maximum atomic E-state index is 11.4. The van der Waals surface area contributed by atoms with Gasteiger partial charge in [0, 0.05) is 12.1 Å². The highest BCUT2D eigenvalue weighted by molar-refractivity contribution is 7.88. The number of hydrogen-bond acceptors (Lipinski definition) is 4. The first-order valence-electron chi connectivity index (χ1n) is 7.89. The topological polar surface area (TPSA) is 67.4 Å². The lowest BCUT2D eigenvalue weighted by Crippen LogP contribution is -2.47. The van der Waals surface area contributed by atoms with Gasteiger partial charge in [-0.05, 0) is 59.4 Å². The molecule has 0 radical (unpaired) electrons. The molecule has 1 saturated heterocycles. The Morgan fingerprint density at radius 1 is 1.19 bits per heavy atom. The lowest BCUT2D eigenvalue weighted by molar-refractivity contribution is -0.0699. The minimum absolute atomic E-state index is 0.0749. The molecule has 3 unspecified atom stereocenters. The molecule has 0 aromatic heterocycles. The van der Waals surface area contributed by atoms with Crippen LogP contribution in [0.15, 0.2) is 0 Å². The lowest BCUT2D eigenvalue weighted by Gasteiger charge is -2.29. The Morgan fingerprint density at radius 3 is 2.38 bits per heavy atom. The number of ether oxygens (including phenoxy) is 1. The number of sulfonamides is 1. The summed E-state index contributed by atoms with van der Waals surface area (Å²) in [7, 11) is -3.12. The van der Waals surface area contributed by atoms with E-state index in [0.717, 1.165) is 32.2 Å². The average molecular weight is 318 g/mol. The maximum Gasteiger partial charge on any atom is 0.208 e. The Labute approximate surface area is 129 Å². The molecular weight excluding hydrogens is 288 g/mol. The molecular formula is C15H30N2O3S. The van der Waals surface area contributed by atoms with Crippen molar-refractivity contribution in [1.82, 2.24) is 10.0 Å². The third-order valence-corrected chi connectivity index (χ3v) is 5.46. The molecule has 5 nitrogen and oxygen atoms in total. The minimum atomic E-state index is -3.12. The van der Waals surface area contributed by atoms with Gasteiger partial charge in [-0.3, -0.25) is 0 Å². The summed E-state index contributed by atoms with van der Waals surface area (Å²) in [6.45, 7) is 9.35. The number of hydrogen-bond donors (Lipinski definition) is 2. The van der Waals surface area contributed by atoms with Gasteiger partial charge in [-0.25, -0.2) is 13.1 Å². The van der Waals surface area contributed by atoms with Gasteiger partial charge in [-0.15, -0.1) is 0 Å². The largest absolute Gasteiger partial charge is 0.368 e. The molecule has 6 heteroatoms. The predicted molar refractivity (Wildman–Crippen MR) is 84.8 cm³/mol. The van der Waals surface area contributed by atoms with Crippen LogP contribution >= 0.6 is 0 Å². The molecule has 2 fully saturated rings. The summed E-state index contributed by atoms with van der Waals surface area (Å²) in [4.78, 5) is 0. The van der Waals surface area contributed by atoms with Gasteiger partial charge in [-0.1, -0.05) is 6.42 Å². The van der Waals surface area contributed by atoms with Gasteiger partial charge in [-0.2, -0.15) is 0 Å². The van der Waals surface area contributed by atoms with Gasteiger partial charge in [0.25, 0.3) is 0 Å². The number of rotatable bonds is 5. The van der Waals surface area contributed by atoms with Crippen molar-refractivity contribution in [2.45, 2.75) is 76.7 Å². The molecule has 1 aliphatic carbocycles. The van der Waals surface area contributed by atoms with E-state index >= 15 is 0 Å². The summed E-state index contributed by atoms with van der Waals surface area (Å²) < 4.78 is 31.7. The van der Waals surface area contributed by atoms with Crippen molar-refractivity contribution in [3.63, 3.8) is 0 Å². The van der Waals surface area contributed by atoms with Crippen LogP contribution in [0.1, 0.15) is 53.4 Å². The summed E-state index contributed by atoms with van der Waals surface area (Å²) >= 11 is 0. The molecule has 2 N–H and O–H groups in total. The second kappa shape index (κ2) is 5.80. The fourth-order valence-electron chi connectivity index (χ4n) is 3.89. The summed E-state index contributed by atoms with van der Waals surface area (Å²) in [5, 5.41) is 3.63. The molecule has 0 aromatic carbocycles. The van der Waals surface area contributed by atoms with Gasteiger partial charge >= 0.3 is 0 Å². The van der Waals surface area contributed by atoms with Crippen LogP contribution in [0.3, 0.4) is 0 Å². The second-order valence-corrected chi connectivity index (χ2v) is 9.60. The molecule has 124 valence electrons. The highest BCUT2D eigenvalue weighted by atomic mass is 32.2. The molecule has 1 heterocycles. The van der Waals surface area contributed by atoms with Crippen LogP contribution in [-0.2, 0) is 14.8 Å². The van der Waals surface area contributed by atoms with Crippen molar-refractivity contribution >= 4 is 10.0 Å². The van der Waals surface area contributed by atoms with Gasteiger partial charge in [0.15, 0.2) is 0 Å². The van der Waals surface area contributed by atoms with Crippen LogP contribution < -0.4 is 10.0 Å². The number of nitrogens with one attached hydrogen (secondary N) is 2. The Morgan fingerprint density at radius 2 is 1.86 bits per heavy atom. The van der Waals surface area contributed by atoms with Crippen molar-refractivity contribution in [1.29, 1.82) is 0 Å². The van der Waals surface area contributed by atoms with Crippen LogP contribution in [0.2, 0.25) is 0 Å². The van der Waals surface area contributed by atoms with E-state index in [1.165, 1.54) is 6.26 Å². The van der Waals surface area contributed by atoms with Gasteiger partial charge in [0.2, 0.25) is 10.0 Å². The van der Waals surface area contributed by atoms with Gasteiger partial charge in [0.05, 0.1) is 17.5 Å². The Balaban J connectivity index is 1.90. The normalized spacial score (nSPS) is 35.2. The van der Waals surface area contributed by atoms with E-state index in [0.29, 0.717) is 12.0 Å². The summed E-state index contributed by atoms with van der Waals surface area (Å²) in [6, 6.07) is 0.387. The van der Waals surface area contributed by atoms with Crippen molar-refractivity contribution < 1.29 is 13.2 Å². The first-order chi connectivity index (χ1) is 9.49. The van der Waals surface area contributed by atoms with Crippen LogP contribution in [0.5, 0.6) is 0 Å². The Hall–Kier alpha value is -0.170. The van der Waals surface area contributed by atoms with E-state index in [1.54, 1.807) is 0 Å². The first kappa shape index (κ1) is 17.2. The third-order valence-electron chi connectivity index (χ3n) is 4.73. The van der Waals surface area contributed by atoms with E-state index in [4.69, 9.17) is 4.74 Å². The average Bonchev–Trinajstić information content (AvgIpc) is 2.75. The zero-order chi connectivity index (χ0) is 15.9. The molecule has 0 amide bonds. The maximum absolute atomic E-state index is 11.4. The molecule has 21 heavy (non-hydrogen) atoms. The van der Waals surface area contributed by atoms with Crippen LogP contribution in [0, 0.1) is 5.92 Å². The lowest BCUT2D eigenvalue weighted by atomic mass is 9.93. The quantitative estimate of drug-likeness (QED) is 0.809. The SMILES string of the molecule is CC1(C)CC(NCC2CCCC2NS(C)(=O)=O)C(C)(C)O1. The minimum Gasteiger partial charge on any atom is -0.368 e. The van der Waals surface area contributed by atoms with Crippen molar-refractivity contribution in [3.8, 4) is 0 Å². The molecule has 2 rings (SSSR count). The van der Waals surface area contributed by atoms with Crippen LogP contribution in [0.4, 0.5) is 0 Å². The van der Waals surface area contributed by atoms with Gasteiger partial charge < -0.3 is 10.1 Å². The molecule has 0 bridgehead atoms. The van der Waals surface area contributed by atoms with Crippen molar-refractivity contribution in [2.24, 2.45) is 5.92 Å². The van der Waals surface area contributed by atoms with Crippen molar-refractivity contribution in [3.05, 3.63) is 0 Å². The van der Waals surface area contributed by atoms with E-state index < -0.39 is 10.0 Å². The van der Waals surface area contributed by atoms with Gasteiger partial charge in [0.1, 0.15) is 0 Å². The zero-order valence-electron chi connectivity index (χ0n) is 13.9. The highest BCUT2D eigenvalue weighted by Gasteiger charge is 2.46. The molecule has 3 atom stereocenters. The fraction of sp³-hybridized carbons (Fsp3) is 1.00. The van der Waals surface area contributed by atoms with E-state index in [1.807, 2.05) is 0 Å². The van der Waals surface area contributed by atoms with E-state index in [9.17, 15) is 8.42 Å². The summed E-state index contributed by atoms with van der Waals surface area (Å²) in [5.41, 5.74) is -0.275. The third kappa shape index (κ3) is 4.65. The smallest absolute Gasteiger partial charge is 0.208 e. The molecule has 2 aliphatic rings. The molecule has 1 aliphatic heterocycles. The highest BCUT2D eigenvalue weighted by Crippen LogP contribution is 2.37. The van der Waals surface area contributed by atoms with Crippen LogP contribution in [-0.4, -0.2) is 44.5 Å². The predicted octanol–water partition coefficient (Wildman–Crippen LogP) is 1.64.